The van der Waals surface area contributed by atoms with E-state index in [2.05, 4.69) is 20.8 Å². The van der Waals surface area contributed by atoms with Crippen molar-refractivity contribution in [2.75, 3.05) is 12.4 Å². The van der Waals surface area contributed by atoms with E-state index in [4.69, 9.17) is 0 Å². The maximum absolute atomic E-state index is 11.3. The summed E-state index contributed by atoms with van der Waals surface area (Å²) in [6.07, 6.45) is 1.68. The third kappa shape index (κ3) is 1.85. The quantitative estimate of drug-likeness (QED) is 0.599. The van der Waals surface area contributed by atoms with E-state index in [0.717, 1.165) is 10.9 Å². The fraction of sp³-hybridized carbons (Fsp3) is 0.100. The Morgan fingerprint density at radius 3 is 2.88 bits per heavy atom. The van der Waals surface area contributed by atoms with Gasteiger partial charge < -0.3 is 10.6 Å². The van der Waals surface area contributed by atoms with E-state index in [1.54, 1.807) is 24.4 Å². The minimum absolute atomic E-state index is 0.547. The average Bonchev–Trinajstić information content (AvgIpc) is 2.75. The number of rotatable bonds is 1. The van der Waals surface area contributed by atoms with E-state index in [-0.39, 0.29) is 0 Å². The van der Waals surface area contributed by atoms with Crippen LogP contribution in [0.15, 0.2) is 24.4 Å². The number of aromatic amines is 1. The van der Waals surface area contributed by atoms with Crippen LogP contribution in [0.5, 0.6) is 0 Å². The Hall–Kier alpha value is -2.37. The molecule has 3 N–H and O–H groups in total. The van der Waals surface area contributed by atoms with Crippen LogP contribution >= 0.6 is 0 Å². The summed E-state index contributed by atoms with van der Waals surface area (Å²) in [7, 11) is 1.40. The van der Waals surface area contributed by atoms with Gasteiger partial charge in [0, 0.05) is 18.1 Å². The Bertz CT molecular complexity index is 546. The van der Waals surface area contributed by atoms with Crippen molar-refractivity contribution in [2.24, 2.45) is 0 Å². The molecule has 0 bridgehead atoms. The number of nitrogens with zero attached hydrogens (tertiary/aromatic N) is 1. The molecule has 2 aromatic rings. The van der Waals surface area contributed by atoms with Gasteiger partial charge in [0.2, 0.25) is 0 Å². The van der Waals surface area contributed by atoms with Crippen LogP contribution in [0.25, 0.3) is 10.9 Å². The van der Waals surface area contributed by atoms with Gasteiger partial charge in [-0.05, 0) is 18.2 Å². The smallest absolute Gasteiger partial charge is 0.313 e. The van der Waals surface area contributed by atoms with E-state index in [0.29, 0.717) is 5.69 Å². The van der Waals surface area contributed by atoms with Crippen LogP contribution in [0.4, 0.5) is 5.69 Å². The van der Waals surface area contributed by atoms with Gasteiger partial charge in [-0.1, -0.05) is 0 Å². The number of hydrogen-bond donors (Lipinski definition) is 3. The molecule has 2 amide bonds. The molecule has 0 fully saturated rings. The minimum atomic E-state index is -0.693. The molecule has 6 nitrogen and oxygen atoms in total. The number of carbonyl (C=O) groups is 2. The van der Waals surface area contributed by atoms with Crippen LogP contribution in [0.2, 0.25) is 0 Å². The Morgan fingerprint density at radius 2 is 2.12 bits per heavy atom. The number of aromatic nitrogens is 2. The van der Waals surface area contributed by atoms with Gasteiger partial charge in [-0.2, -0.15) is 5.10 Å². The van der Waals surface area contributed by atoms with Crippen LogP contribution in [0, 0.1) is 0 Å². The van der Waals surface area contributed by atoms with E-state index >= 15 is 0 Å². The van der Waals surface area contributed by atoms with Crippen LogP contribution in [0.1, 0.15) is 0 Å². The van der Waals surface area contributed by atoms with Gasteiger partial charge in [0.1, 0.15) is 0 Å². The summed E-state index contributed by atoms with van der Waals surface area (Å²) >= 11 is 0. The number of anilines is 1. The molecule has 0 atom stereocenters. The first kappa shape index (κ1) is 10.2. The van der Waals surface area contributed by atoms with Crippen LogP contribution in [-0.2, 0) is 9.59 Å². The summed E-state index contributed by atoms with van der Waals surface area (Å²) in [5.74, 6) is -1.37. The number of benzene rings is 1. The molecule has 0 aliphatic carbocycles. The van der Waals surface area contributed by atoms with Crippen molar-refractivity contribution >= 4 is 28.4 Å². The lowest BCUT2D eigenvalue weighted by atomic mass is 10.2. The van der Waals surface area contributed by atoms with Crippen molar-refractivity contribution in [3.05, 3.63) is 24.4 Å². The van der Waals surface area contributed by atoms with E-state index < -0.39 is 11.8 Å². The molecule has 1 aromatic heterocycles. The number of likely N-dealkylation sites (N-methyl/N-ethyl adjacent to an activating group) is 1. The van der Waals surface area contributed by atoms with Crippen molar-refractivity contribution < 1.29 is 9.59 Å². The molecule has 0 aliphatic heterocycles. The predicted octanol–water partition coefficient (Wildman–Crippen LogP) is 0.247. The van der Waals surface area contributed by atoms with Gasteiger partial charge >= 0.3 is 11.8 Å². The molecule has 6 heteroatoms. The molecule has 82 valence electrons. The third-order valence-corrected chi connectivity index (χ3v) is 2.13. The van der Waals surface area contributed by atoms with E-state index in [1.165, 1.54) is 7.05 Å². The van der Waals surface area contributed by atoms with E-state index in [9.17, 15) is 9.59 Å². The van der Waals surface area contributed by atoms with Crippen molar-refractivity contribution in [1.82, 2.24) is 15.5 Å². The number of H-pyrrole nitrogens is 1. The number of hydrogen-bond acceptors (Lipinski definition) is 3. The molecule has 1 aromatic carbocycles. The molecule has 0 radical (unpaired) electrons. The fourth-order valence-electron chi connectivity index (χ4n) is 1.32. The van der Waals surface area contributed by atoms with Crippen LogP contribution in [0.3, 0.4) is 0 Å². The first-order valence-electron chi connectivity index (χ1n) is 4.67. The summed E-state index contributed by atoms with van der Waals surface area (Å²) in [5, 5.41) is 12.3. The summed E-state index contributed by atoms with van der Waals surface area (Å²) in [6.45, 7) is 0. The zero-order chi connectivity index (χ0) is 11.5. The first-order valence-corrected chi connectivity index (χ1v) is 4.67. The fourth-order valence-corrected chi connectivity index (χ4v) is 1.32. The SMILES string of the molecule is CNC(=O)C(=O)Nc1ccc2cn[nH]c2c1. The molecule has 0 spiro atoms. The van der Waals surface area contributed by atoms with Gasteiger partial charge in [0.25, 0.3) is 0 Å². The zero-order valence-corrected chi connectivity index (χ0v) is 8.57. The molecule has 0 aliphatic rings. The molecule has 2 rings (SSSR count). The van der Waals surface area contributed by atoms with Gasteiger partial charge in [0.05, 0.1) is 11.7 Å². The number of nitrogens with one attached hydrogen (secondary N) is 3. The molecule has 0 saturated heterocycles. The highest BCUT2D eigenvalue weighted by Gasteiger charge is 2.11. The molecule has 16 heavy (non-hydrogen) atoms. The Kier molecular flexibility index (Phi) is 2.55. The standard InChI is InChI=1S/C10H10N4O2/c1-11-9(15)10(16)13-7-3-2-6-5-12-14-8(6)4-7/h2-5H,1H3,(H,11,15)(H,12,14)(H,13,16). The van der Waals surface area contributed by atoms with Crippen LogP contribution < -0.4 is 10.6 Å². The third-order valence-electron chi connectivity index (χ3n) is 2.13. The van der Waals surface area contributed by atoms with E-state index in [1.807, 2.05) is 0 Å². The lowest BCUT2D eigenvalue weighted by Crippen LogP contribution is -2.32. The monoisotopic (exact) mass is 218 g/mol. The molecule has 1 heterocycles. The average molecular weight is 218 g/mol. The first-order chi connectivity index (χ1) is 7.70. The second-order valence-corrected chi connectivity index (χ2v) is 3.21. The number of carbonyl (C=O) groups excluding carboxylic acids is 2. The van der Waals surface area contributed by atoms with Gasteiger partial charge in [-0.3, -0.25) is 14.7 Å². The number of amides is 2. The van der Waals surface area contributed by atoms with Crippen molar-refractivity contribution in [3.8, 4) is 0 Å². The Balaban J connectivity index is 2.21. The highest BCUT2D eigenvalue weighted by Crippen LogP contribution is 2.16. The predicted molar refractivity (Wildman–Crippen MR) is 58.8 cm³/mol. The highest BCUT2D eigenvalue weighted by molar-refractivity contribution is 6.39. The van der Waals surface area contributed by atoms with Crippen molar-refractivity contribution in [3.63, 3.8) is 0 Å². The summed E-state index contributed by atoms with van der Waals surface area (Å²) < 4.78 is 0. The summed E-state index contributed by atoms with van der Waals surface area (Å²) in [6, 6.07) is 5.22. The molecular formula is C10H10N4O2. The highest BCUT2D eigenvalue weighted by atomic mass is 16.2. The summed E-state index contributed by atoms with van der Waals surface area (Å²) in [4.78, 5) is 22.3. The molecule has 0 saturated carbocycles. The summed E-state index contributed by atoms with van der Waals surface area (Å²) in [5.41, 5.74) is 1.35. The lowest BCUT2D eigenvalue weighted by Gasteiger charge is -2.03. The Morgan fingerprint density at radius 1 is 1.31 bits per heavy atom. The van der Waals surface area contributed by atoms with Gasteiger partial charge in [0.15, 0.2) is 0 Å². The topological polar surface area (TPSA) is 86.9 Å². The largest absolute Gasteiger partial charge is 0.351 e. The second-order valence-electron chi connectivity index (χ2n) is 3.21. The maximum Gasteiger partial charge on any atom is 0.313 e. The number of fused-ring (bicyclic) bond motifs is 1. The van der Waals surface area contributed by atoms with Gasteiger partial charge in [-0.25, -0.2) is 0 Å². The van der Waals surface area contributed by atoms with Crippen molar-refractivity contribution in [1.29, 1.82) is 0 Å². The van der Waals surface area contributed by atoms with Gasteiger partial charge in [-0.15, -0.1) is 0 Å². The van der Waals surface area contributed by atoms with Crippen LogP contribution in [-0.4, -0.2) is 29.1 Å². The van der Waals surface area contributed by atoms with Crippen molar-refractivity contribution in [2.45, 2.75) is 0 Å². The molecule has 0 unspecified atom stereocenters. The normalized spacial score (nSPS) is 10.1. The minimum Gasteiger partial charge on any atom is -0.351 e. The second kappa shape index (κ2) is 4.01. The molecular weight excluding hydrogens is 208 g/mol. The Labute approximate surface area is 91.0 Å². The zero-order valence-electron chi connectivity index (χ0n) is 8.57. The lowest BCUT2D eigenvalue weighted by molar-refractivity contribution is -0.135. The maximum atomic E-state index is 11.3.